The largest absolute Gasteiger partial charge is 0.490 e. The Labute approximate surface area is 87.8 Å². The molecule has 2 N–H and O–H groups in total. The third-order valence-electron chi connectivity index (χ3n) is 2.32. The molecule has 0 radical (unpaired) electrons. The highest BCUT2D eigenvalue weighted by Gasteiger charge is 2.16. The summed E-state index contributed by atoms with van der Waals surface area (Å²) in [5.41, 5.74) is 0.643. The first-order chi connectivity index (χ1) is 7.38. The standard InChI is InChI=1S/C10H13N3O2/c14-7-13-9-3-10(5-11-4-9)15-6-8-1-2-12-8/h3-5,7-8,12H,1-2,6H2,(H,13,14)/t8-/m1/s1. The first-order valence-electron chi connectivity index (χ1n) is 4.90. The fraction of sp³-hybridized carbons (Fsp3) is 0.400. The van der Waals surface area contributed by atoms with Gasteiger partial charge < -0.3 is 15.4 Å². The van der Waals surface area contributed by atoms with E-state index in [9.17, 15) is 4.79 Å². The molecule has 2 rings (SSSR count). The molecule has 2 heterocycles. The van der Waals surface area contributed by atoms with Gasteiger partial charge in [0.1, 0.15) is 12.4 Å². The summed E-state index contributed by atoms with van der Waals surface area (Å²) in [5.74, 6) is 0.676. The van der Waals surface area contributed by atoms with E-state index in [1.54, 1.807) is 18.5 Å². The second-order valence-electron chi connectivity index (χ2n) is 3.42. The van der Waals surface area contributed by atoms with Crippen molar-refractivity contribution in [3.63, 3.8) is 0 Å². The average Bonchev–Trinajstić information content (AvgIpc) is 2.16. The number of anilines is 1. The van der Waals surface area contributed by atoms with Gasteiger partial charge in [-0.05, 0) is 13.0 Å². The van der Waals surface area contributed by atoms with Gasteiger partial charge in [0.05, 0.1) is 18.1 Å². The molecular formula is C10H13N3O2. The van der Waals surface area contributed by atoms with Crippen LogP contribution in [0, 0.1) is 0 Å². The van der Waals surface area contributed by atoms with Gasteiger partial charge in [0.25, 0.3) is 0 Å². The summed E-state index contributed by atoms with van der Waals surface area (Å²) in [5, 5.41) is 5.76. The SMILES string of the molecule is O=CNc1cncc(OC[C@H]2CCN2)c1. The molecule has 80 valence electrons. The highest BCUT2D eigenvalue weighted by Crippen LogP contribution is 2.15. The number of carbonyl (C=O) groups excluding carboxylic acids is 1. The number of rotatable bonds is 5. The van der Waals surface area contributed by atoms with E-state index in [-0.39, 0.29) is 0 Å². The summed E-state index contributed by atoms with van der Waals surface area (Å²) in [6.07, 6.45) is 4.98. The van der Waals surface area contributed by atoms with Crippen LogP contribution >= 0.6 is 0 Å². The van der Waals surface area contributed by atoms with Crippen molar-refractivity contribution < 1.29 is 9.53 Å². The number of aromatic nitrogens is 1. The first kappa shape index (κ1) is 9.92. The fourth-order valence-electron chi connectivity index (χ4n) is 1.33. The van der Waals surface area contributed by atoms with Gasteiger partial charge in [-0.2, -0.15) is 0 Å². The zero-order chi connectivity index (χ0) is 10.5. The Morgan fingerprint density at radius 2 is 2.53 bits per heavy atom. The highest BCUT2D eigenvalue weighted by atomic mass is 16.5. The molecule has 5 heteroatoms. The van der Waals surface area contributed by atoms with Crippen LogP contribution in [0.4, 0.5) is 5.69 Å². The number of carbonyl (C=O) groups is 1. The Kier molecular flexibility index (Phi) is 3.14. The number of nitrogens with one attached hydrogen (secondary N) is 2. The number of hydrogen-bond acceptors (Lipinski definition) is 4. The van der Waals surface area contributed by atoms with Crippen molar-refractivity contribution in [2.24, 2.45) is 0 Å². The van der Waals surface area contributed by atoms with Crippen LogP contribution in [0.2, 0.25) is 0 Å². The minimum absolute atomic E-state index is 0.452. The van der Waals surface area contributed by atoms with Crippen LogP contribution in [-0.2, 0) is 4.79 Å². The molecular weight excluding hydrogens is 194 g/mol. The number of pyridine rings is 1. The molecule has 5 nitrogen and oxygen atoms in total. The summed E-state index contributed by atoms with van der Waals surface area (Å²) in [4.78, 5) is 14.2. The lowest BCUT2D eigenvalue weighted by molar-refractivity contribution is -0.105. The van der Waals surface area contributed by atoms with Crippen LogP contribution < -0.4 is 15.4 Å². The molecule has 0 bridgehead atoms. The molecule has 0 aromatic carbocycles. The zero-order valence-electron chi connectivity index (χ0n) is 8.27. The zero-order valence-corrected chi connectivity index (χ0v) is 8.27. The van der Waals surface area contributed by atoms with Crippen LogP contribution in [-0.4, -0.2) is 30.6 Å². The van der Waals surface area contributed by atoms with E-state index in [4.69, 9.17) is 4.74 Å². The van der Waals surface area contributed by atoms with Gasteiger partial charge in [-0.1, -0.05) is 0 Å². The van der Waals surface area contributed by atoms with Crippen molar-refractivity contribution in [2.75, 3.05) is 18.5 Å². The van der Waals surface area contributed by atoms with Crippen LogP contribution in [0.3, 0.4) is 0 Å². The van der Waals surface area contributed by atoms with Crippen molar-refractivity contribution in [1.29, 1.82) is 0 Å². The van der Waals surface area contributed by atoms with Crippen LogP contribution in [0.25, 0.3) is 0 Å². The summed E-state index contributed by atoms with van der Waals surface area (Å²) in [6, 6.07) is 2.20. The minimum Gasteiger partial charge on any atom is -0.490 e. The molecule has 1 fully saturated rings. The van der Waals surface area contributed by atoms with Gasteiger partial charge in [-0.15, -0.1) is 0 Å². The van der Waals surface area contributed by atoms with E-state index >= 15 is 0 Å². The average molecular weight is 207 g/mol. The number of amides is 1. The Hall–Kier alpha value is -1.62. The molecule has 1 amide bonds. The Morgan fingerprint density at radius 3 is 3.20 bits per heavy atom. The maximum Gasteiger partial charge on any atom is 0.211 e. The molecule has 1 aliphatic heterocycles. The van der Waals surface area contributed by atoms with Crippen LogP contribution in [0.1, 0.15) is 6.42 Å². The van der Waals surface area contributed by atoms with Crippen molar-refractivity contribution in [3.8, 4) is 5.75 Å². The van der Waals surface area contributed by atoms with E-state index in [0.717, 1.165) is 13.0 Å². The molecule has 15 heavy (non-hydrogen) atoms. The van der Waals surface area contributed by atoms with Crippen molar-refractivity contribution in [2.45, 2.75) is 12.5 Å². The van der Waals surface area contributed by atoms with Crippen LogP contribution in [0.5, 0.6) is 5.75 Å². The van der Waals surface area contributed by atoms with Crippen molar-refractivity contribution >= 4 is 12.1 Å². The second-order valence-corrected chi connectivity index (χ2v) is 3.42. The fourth-order valence-corrected chi connectivity index (χ4v) is 1.33. The summed E-state index contributed by atoms with van der Waals surface area (Å²) in [6.45, 7) is 1.71. The normalized spacial score (nSPS) is 19.1. The Bertz CT molecular complexity index is 339. The maximum atomic E-state index is 10.2. The summed E-state index contributed by atoms with van der Waals surface area (Å²) in [7, 11) is 0. The molecule has 1 aromatic heterocycles. The van der Waals surface area contributed by atoms with E-state index < -0.39 is 0 Å². The monoisotopic (exact) mass is 207 g/mol. The summed E-state index contributed by atoms with van der Waals surface area (Å²) < 4.78 is 5.52. The lowest BCUT2D eigenvalue weighted by Crippen LogP contribution is -2.46. The molecule has 1 saturated heterocycles. The van der Waals surface area contributed by atoms with Crippen molar-refractivity contribution in [3.05, 3.63) is 18.5 Å². The summed E-state index contributed by atoms with van der Waals surface area (Å²) >= 11 is 0. The maximum absolute atomic E-state index is 10.2. The smallest absolute Gasteiger partial charge is 0.211 e. The third-order valence-corrected chi connectivity index (χ3v) is 2.32. The molecule has 1 atom stereocenters. The number of hydrogen-bond donors (Lipinski definition) is 2. The number of nitrogens with zero attached hydrogens (tertiary/aromatic N) is 1. The van der Waals surface area contributed by atoms with E-state index in [2.05, 4.69) is 15.6 Å². The molecule has 0 saturated carbocycles. The second kappa shape index (κ2) is 4.75. The quantitative estimate of drug-likeness (QED) is 0.686. The van der Waals surface area contributed by atoms with E-state index in [0.29, 0.717) is 30.5 Å². The van der Waals surface area contributed by atoms with Crippen molar-refractivity contribution in [1.82, 2.24) is 10.3 Å². The van der Waals surface area contributed by atoms with Crippen LogP contribution in [0.15, 0.2) is 18.5 Å². The van der Waals surface area contributed by atoms with E-state index in [1.807, 2.05) is 0 Å². The predicted octanol–water partition coefficient (Wildman–Crippen LogP) is 0.391. The lowest BCUT2D eigenvalue weighted by atomic mass is 10.1. The first-order valence-corrected chi connectivity index (χ1v) is 4.90. The minimum atomic E-state index is 0.452. The third kappa shape index (κ3) is 2.66. The number of ether oxygens (including phenoxy) is 1. The van der Waals surface area contributed by atoms with Gasteiger partial charge in [-0.3, -0.25) is 9.78 Å². The van der Waals surface area contributed by atoms with Gasteiger partial charge in [0, 0.05) is 12.1 Å². The van der Waals surface area contributed by atoms with Gasteiger partial charge >= 0.3 is 0 Å². The van der Waals surface area contributed by atoms with Gasteiger partial charge in [-0.25, -0.2) is 0 Å². The molecule has 1 aromatic rings. The van der Waals surface area contributed by atoms with Gasteiger partial charge in [0.2, 0.25) is 6.41 Å². The van der Waals surface area contributed by atoms with Gasteiger partial charge in [0.15, 0.2) is 0 Å². The molecule has 1 aliphatic rings. The van der Waals surface area contributed by atoms with E-state index in [1.165, 1.54) is 0 Å². The highest BCUT2D eigenvalue weighted by molar-refractivity contribution is 5.71. The Morgan fingerprint density at radius 1 is 1.67 bits per heavy atom. The molecule has 0 unspecified atom stereocenters. The topological polar surface area (TPSA) is 63.2 Å². The molecule has 0 spiro atoms. The molecule has 0 aliphatic carbocycles. The predicted molar refractivity (Wildman–Crippen MR) is 55.8 cm³/mol. The lowest BCUT2D eigenvalue weighted by Gasteiger charge is -2.27. The Balaban J connectivity index is 1.88.